The number of ketones is 1. The van der Waals surface area contributed by atoms with Crippen LogP contribution in [0.15, 0.2) is 34.6 Å². The lowest BCUT2D eigenvalue weighted by atomic mass is 9.89. The highest BCUT2D eigenvalue weighted by Crippen LogP contribution is 2.26. The van der Waals surface area contributed by atoms with Crippen LogP contribution in [0.1, 0.15) is 28.0 Å². The second-order valence-corrected chi connectivity index (χ2v) is 5.00. The Bertz CT molecular complexity index is 868. The van der Waals surface area contributed by atoms with E-state index in [9.17, 15) is 22.8 Å². The van der Waals surface area contributed by atoms with E-state index in [0.717, 1.165) is 0 Å². The Kier molecular flexibility index (Phi) is 3.44. The summed E-state index contributed by atoms with van der Waals surface area (Å²) >= 11 is 0. The van der Waals surface area contributed by atoms with Gasteiger partial charge < -0.3 is 4.98 Å². The molecule has 2 aromatic rings. The van der Waals surface area contributed by atoms with E-state index in [4.69, 9.17) is 0 Å². The van der Waals surface area contributed by atoms with Crippen LogP contribution < -0.4 is 5.56 Å². The molecule has 0 atom stereocenters. The summed E-state index contributed by atoms with van der Waals surface area (Å²) in [6, 6.07) is 3.80. The minimum absolute atomic E-state index is 0.185. The number of pyridine rings is 1. The third kappa shape index (κ3) is 2.47. The van der Waals surface area contributed by atoms with Crippen molar-refractivity contribution >= 4 is 11.9 Å². The molecule has 1 aliphatic carbocycles. The Labute approximate surface area is 123 Å². The van der Waals surface area contributed by atoms with Crippen LogP contribution in [0, 0.1) is 17.5 Å². The topological polar surface area (TPSA) is 49.9 Å². The molecule has 0 unspecified atom stereocenters. The fourth-order valence-electron chi connectivity index (χ4n) is 2.45. The van der Waals surface area contributed by atoms with Crippen LogP contribution in [0.25, 0.3) is 6.08 Å². The molecule has 0 aliphatic heterocycles. The zero-order valence-electron chi connectivity index (χ0n) is 11.3. The van der Waals surface area contributed by atoms with Gasteiger partial charge in [0.25, 0.3) is 0 Å². The molecular formula is C16H10F3NO2. The maximum absolute atomic E-state index is 13.7. The normalized spacial score (nSPS) is 16.0. The van der Waals surface area contributed by atoms with Crippen molar-refractivity contribution < 1.29 is 18.0 Å². The Hall–Kier alpha value is -2.63. The predicted octanol–water partition coefficient (Wildman–Crippen LogP) is 3.00. The van der Waals surface area contributed by atoms with E-state index < -0.39 is 17.5 Å². The van der Waals surface area contributed by atoms with Crippen LogP contribution in [0.2, 0.25) is 0 Å². The molecule has 0 bridgehead atoms. The highest BCUT2D eigenvalue weighted by molar-refractivity contribution is 6.12. The molecule has 3 rings (SSSR count). The number of nitrogens with one attached hydrogen (secondary N) is 1. The number of aryl methyl sites for hydroxylation is 1. The summed E-state index contributed by atoms with van der Waals surface area (Å²) in [5.74, 6) is -3.76. The summed E-state index contributed by atoms with van der Waals surface area (Å²) in [5.41, 5.74) is 0.658. The summed E-state index contributed by atoms with van der Waals surface area (Å²) < 4.78 is 39.8. The molecule has 6 heteroatoms. The first-order valence-corrected chi connectivity index (χ1v) is 6.58. The monoisotopic (exact) mass is 305 g/mol. The van der Waals surface area contributed by atoms with Gasteiger partial charge in [0.2, 0.25) is 5.56 Å². The van der Waals surface area contributed by atoms with Crippen LogP contribution in [0.3, 0.4) is 0 Å². The number of rotatable bonds is 1. The molecule has 0 spiro atoms. The number of aromatic nitrogens is 1. The van der Waals surface area contributed by atoms with E-state index in [1.54, 1.807) is 0 Å². The fraction of sp³-hybridized carbons (Fsp3) is 0.125. The smallest absolute Gasteiger partial charge is 0.248 e. The molecular weight excluding hydrogens is 295 g/mol. The zero-order chi connectivity index (χ0) is 15.9. The van der Waals surface area contributed by atoms with Gasteiger partial charge in [0.05, 0.1) is 0 Å². The molecule has 1 aliphatic rings. The number of hydrogen-bond donors (Lipinski definition) is 1. The number of Topliss-reactive ketones (excluding diaryl/α,β-unsaturated/α-hetero) is 1. The maximum atomic E-state index is 13.7. The number of H-pyrrole nitrogens is 1. The minimum atomic E-state index is -1.28. The zero-order valence-corrected chi connectivity index (χ0v) is 11.3. The van der Waals surface area contributed by atoms with Gasteiger partial charge in [0.1, 0.15) is 5.82 Å². The van der Waals surface area contributed by atoms with Crippen LogP contribution in [0.5, 0.6) is 0 Å². The van der Waals surface area contributed by atoms with E-state index >= 15 is 0 Å². The molecule has 0 saturated carbocycles. The van der Waals surface area contributed by atoms with Crippen LogP contribution >= 0.6 is 0 Å². The standard InChI is InChI=1S/C16H10F3NO2/c17-11-7-13(19)12(18)6-9(11)5-8-1-3-14-10(16(8)22)2-4-15(21)20-14/h2,4-7H,1,3H2,(H,20,21)/b8-5-. The molecule has 0 amide bonds. The number of allylic oxidation sites excluding steroid dienone is 1. The van der Waals surface area contributed by atoms with E-state index in [1.165, 1.54) is 18.2 Å². The lowest BCUT2D eigenvalue weighted by molar-refractivity contribution is 0.102. The molecule has 22 heavy (non-hydrogen) atoms. The van der Waals surface area contributed by atoms with Crippen LogP contribution in [-0.4, -0.2) is 10.8 Å². The van der Waals surface area contributed by atoms with Gasteiger partial charge in [-0.1, -0.05) is 0 Å². The Morgan fingerprint density at radius 3 is 2.45 bits per heavy atom. The molecule has 1 aromatic carbocycles. The van der Waals surface area contributed by atoms with Crippen molar-refractivity contribution in [2.45, 2.75) is 12.8 Å². The molecule has 0 saturated heterocycles. The van der Waals surface area contributed by atoms with Crippen molar-refractivity contribution in [3.63, 3.8) is 0 Å². The molecule has 0 fully saturated rings. The predicted molar refractivity (Wildman–Crippen MR) is 74.0 cm³/mol. The number of hydrogen-bond acceptors (Lipinski definition) is 2. The SMILES string of the molecule is O=C1/C(=C\c2cc(F)c(F)cc2F)CCc2[nH]c(=O)ccc21. The number of carbonyl (C=O) groups is 1. The van der Waals surface area contributed by atoms with E-state index in [1.807, 2.05) is 0 Å². The lowest BCUT2D eigenvalue weighted by Gasteiger charge is -2.16. The second-order valence-electron chi connectivity index (χ2n) is 5.00. The Morgan fingerprint density at radius 1 is 0.955 bits per heavy atom. The van der Waals surface area contributed by atoms with Gasteiger partial charge in [-0.15, -0.1) is 0 Å². The number of aromatic amines is 1. The first-order chi connectivity index (χ1) is 10.5. The van der Waals surface area contributed by atoms with Crippen molar-refractivity contribution in [2.24, 2.45) is 0 Å². The average molecular weight is 305 g/mol. The second kappa shape index (κ2) is 5.29. The van der Waals surface area contributed by atoms with E-state index in [2.05, 4.69) is 4.98 Å². The van der Waals surface area contributed by atoms with Crippen molar-refractivity contribution in [2.75, 3.05) is 0 Å². The Balaban J connectivity index is 2.04. The molecule has 112 valence electrons. The summed E-state index contributed by atoms with van der Waals surface area (Å²) in [7, 11) is 0. The quantitative estimate of drug-likeness (QED) is 0.650. The van der Waals surface area contributed by atoms with Crippen LogP contribution in [0.4, 0.5) is 13.2 Å². The maximum Gasteiger partial charge on any atom is 0.248 e. The van der Waals surface area contributed by atoms with E-state index in [0.29, 0.717) is 29.8 Å². The van der Waals surface area contributed by atoms with Crippen molar-refractivity contribution in [1.29, 1.82) is 0 Å². The lowest BCUT2D eigenvalue weighted by Crippen LogP contribution is -2.20. The van der Waals surface area contributed by atoms with Gasteiger partial charge in [-0.25, -0.2) is 13.2 Å². The van der Waals surface area contributed by atoms with Crippen molar-refractivity contribution in [3.8, 4) is 0 Å². The number of fused-ring (bicyclic) bond motifs is 1. The fourth-order valence-corrected chi connectivity index (χ4v) is 2.45. The molecule has 3 nitrogen and oxygen atoms in total. The molecule has 0 radical (unpaired) electrons. The minimum Gasteiger partial charge on any atom is -0.325 e. The number of halogens is 3. The van der Waals surface area contributed by atoms with Crippen LogP contribution in [-0.2, 0) is 6.42 Å². The summed E-state index contributed by atoms with van der Waals surface area (Å²) in [6.45, 7) is 0. The van der Waals surface area contributed by atoms with Gasteiger partial charge in [0, 0.05) is 34.5 Å². The molecule has 1 N–H and O–H groups in total. The molecule has 1 heterocycles. The third-order valence-electron chi connectivity index (χ3n) is 3.55. The molecule has 1 aromatic heterocycles. The highest BCUT2D eigenvalue weighted by Gasteiger charge is 2.23. The Morgan fingerprint density at radius 2 is 1.68 bits per heavy atom. The first kappa shape index (κ1) is 14.3. The summed E-state index contributed by atoms with van der Waals surface area (Å²) in [5, 5.41) is 0. The average Bonchev–Trinajstić information content (AvgIpc) is 2.47. The summed E-state index contributed by atoms with van der Waals surface area (Å²) in [4.78, 5) is 26.1. The first-order valence-electron chi connectivity index (χ1n) is 6.58. The highest BCUT2D eigenvalue weighted by atomic mass is 19.2. The van der Waals surface area contributed by atoms with Crippen molar-refractivity contribution in [1.82, 2.24) is 4.98 Å². The number of benzene rings is 1. The van der Waals surface area contributed by atoms with Gasteiger partial charge in [0.15, 0.2) is 17.4 Å². The van der Waals surface area contributed by atoms with Gasteiger partial charge in [-0.2, -0.15) is 0 Å². The van der Waals surface area contributed by atoms with E-state index in [-0.39, 0.29) is 28.9 Å². The third-order valence-corrected chi connectivity index (χ3v) is 3.55. The summed E-state index contributed by atoms with van der Waals surface area (Å²) in [6.07, 6.45) is 1.91. The van der Waals surface area contributed by atoms with Crippen molar-refractivity contribution in [3.05, 3.63) is 74.5 Å². The van der Waals surface area contributed by atoms with Gasteiger partial charge in [-0.3, -0.25) is 9.59 Å². The number of carbonyl (C=O) groups excluding carboxylic acids is 1. The van der Waals surface area contributed by atoms with Gasteiger partial charge >= 0.3 is 0 Å². The van der Waals surface area contributed by atoms with Gasteiger partial charge in [-0.05, 0) is 31.1 Å². The largest absolute Gasteiger partial charge is 0.325 e.